The molecule has 0 aromatic rings. The zero-order chi connectivity index (χ0) is 14.8. The topological polar surface area (TPSA) is 49.7 Å². The van der Waals surface area contributed by atoms with Crippen molar-refractivity contribution in [2.75, 3.05) is 19.6 Å². The Morgan fingerprint density at radius 2 is 2.24 bits per heavy atom. The first-order valence-electron chi connectivity index (χ1n) is 8.11. The van der Waals surface area contributed by atoms with E-state index in [1.165, 1.54) is 11.3 Å². The van der Waals surface area contributed by atoms with E-state index in [-0.39, 0.29) is 0 Å². The molecule has 1 N–H and O–H groups in total. The van der Waals surface area contributed by atoms with Gasteiger partial charge in [-0.05, 0) is 32.6 Å². The lowest BCUT2D eigenvalue weighted by molar-refractivity contribution is -0.130. The number of rotatable bonds is 2. The van der Waals surface area contributed by atoms with Crippen molar-refractivity contribution in [3.05, 3.63) is 11.3 Å². The Kier molecular flexibility index (Phi) is 4.02. The van der Waals surface area contributed by atoms with Crippen LogP contribution in [0, 0.1) is 0 Å². The fourth-order valence-corrected chi connectivity index (χ4v) is 3.49. The zero-order valence-electron chi connectivity index (χ0n) is 13.1. The van der Waals surface area contributed by atoms with Crippen molar-refractivity contribution in [3.63, 3.8) is 0 Å². The first-order chi connectivity index (χ1) is 10.2. The highest BCUT2D eigenvalue weighted by Crippen LogP contribution is 2.21. The van der Waals surface area contributed by atoms with Crippen molar-refractivity contribution in [2.24, 2.45) is 0 Å². The van der Waals surface area contributed by atoms with Crippen LogP contribution >= 0.6 is 0 Å². The molecule has 3 aliphatic rings. The summed E-state index contributed by atoms with van der Waals surface area (Å²) >= 11 is 0. The Labute approximate surface area is 126 Å². The lowest BCUT2D eigenvalue weighted by Crippen LogP contribution is -2.54. The number of carbonyl (C=O) groups excluding carboxylic acids is 1. The normalized spacial score (nSPS) is 26.3. The van der Waals surface area contributed by atoms with Gasteiger partial charge in [-0.2, -0.15) is 0 Å². The predicted molar refractivity (Wildman–Crippen MR) is 84.9 cm³/mol. The van der Waals surface area contributed by atoms with Crippen LogP contribution in [0.1, 0.15) is 46.0 Å². The molecule has 114 valence electrons. The minimum atomic E-state index is 0.331. The molecule has 21 heavy (non-hydrogen) atoms. The van der Waals surface area contributed by atoms with Crippen LogP contribution in [-0.2, 0) is 4.79 Å². The molecule has 3 rings (SSSR count). The van der Waals surface area contributed by atoms with Crippen LogP contribution in [0.5, 0.6) is 0 Å². The van der Waals surface area contributed by atoms with Crippen LogP contribution in [0.4, 0.5) is 0 Å². The lowest BCUT2D eigenvalue weighted by atomic mass is 10.0. The maximum absolute atomic E-state index is 11.9. The van der Waals surface area contributed by atoms with Crippen LogP contribution in [0.25, 0.3) is 0 Å². The van der Waals surface area contributed by atoms with Gasteiger partial charge in [-0.1, -0.05) is 6.92 Å². The third-order valence-corrected chi connectivity index (χ3v) is 4.72. The van der Waals surface area contributed by atoms with Crippen molar-refractivity contribution < 1.29 is 4.79 Å². The van der Waals surface area contributed by atoms with Gasteiger partial charge in [-0.25, -0.2) is 14.9 Å². The Balaban J connectivity index is 1.70. The summed E-state index contributed by atoms with van der Waals surface area (Å²) in [5.74, 6) is 1.28. The molecule has 5 heteroatoms. The van der Waals surface area contributed by atoms with E-state index in [0.717, 1.165) is 57.7 Å². The van der Waals surface area contributed by atoms with E-state index in [9.17, 15) is 4.79 Å². The minimum absolute atomic E-state index is 0.331. The van der Waals surface area contributed by atoms with E-state index in [1.54, 1.807) is 0 Å². The molecule has 0 spiro atoms. The molecule has 2 saturated heterocycles. The molecule has 0 saturated carbocycles. The fraction of sp³-hybridized carbons (Fsp3) is 0.688. The molecule has 5 nitrogen and oxygen atoms in total. The number of amides is 1. The van der Waals surface area contributed by atoms with Gasteiger partial charge in [0.25, 0.3) is 0 Å². The largest absolute Gasteiger partial charge is 0.445 e. The molecule has 0 radical (unpaired) electrons. The number of allylic oxidation sites excluding steroid dienone is 2. The Bertz CT molecular complexity index is 530. The first-order valence-corrected chi connectivity index (χ1v) is 8.11. The van der Waals surface area contributed by atoms with E-state index >= 15 is 0 Å². The summed E-state index contributed by atoms with van der Waals surface area (Å²) in [5, 5.41) is 3.47. The lowest BCUT2D eigenvalue weighted by Gasteiger charge is -2.34. The Morgan fingerprint density at radius 3 is 2.95 bits per heavy atom. The number of hydrogen-bond acceptors (Lipinski definition) is 3. The van der Waals surface area contributed by atoms with Crippen LogP contribution in [0.15, 0.2) is 11.3 Å². The summed E-state index contributed by atoms with van der Waals surface area (Å²) in [6.07, 6.45) is 6.93. The van der Waals surface area contributed by atoms with Gasteiger partial charge in [0, 0.05) is 18.5 Å². The van der Waals surface area contributed by atoms with E-state index in [0.29, 0.717) is 11.9 Å². The summed E-state index contributed by atoms with van der Waals surface area (Å²) < 4.78 is 4.56. The molecule has 3 aliphatic heterocycles. The molecular formula is C16H25N4O+. The summed E-state index contributed by atoms with van der Waals surface area (Å²) in [4.78, 5) is 16.3. The minimum Gasteiger partial charge on any atom is -0.337 e. The predicted octanol–water partition coefficient (Wildman–Crippen LogP) is 0.854. The van der Waals surface area contributed by atoms with Gasteiger partial charge in [-0.15, -0.1) is 0 Å². The molecular weight excluding hydrogens is 264 g/mol. The Hall–Kier alpha value is -1.74. The third kappa shape index (κ3) is 2.84. The van der Waals surface area contributed by atoms with Crippen molar-refractivity contribution in [3.8, 4) is 0 Å². The van der Waals surface area contributed by atoms with Crippen molar-refractivity contribution in [2.45, 2.75) is 52.0 Å². The zero-order valence-corrected chi connectivity index (χ0v) is 13.1. The molecule has 1 atom stereocenters. The second kappa shape index (κ2) is 5.94. The Morgan fingerprint density at radius 1 is 1.38 bits per heavy atom. The van der Waals surface area contributed by atoms with Gasteiger partial charge < -0.3 is 4.90 Å². The van der Waals surface area contributed by atoms with E-state index in [1.807, 2.05) is 6.21 Å². The number of nitrogens with zero attached hydrogens (tertiary/aromatic N) is 3. The maximum atomic E-state index is 11.9. The number of likely N-dealkylation sites (tertiary alicyclic amines) is 2. The highest BCUT2D eigenvalue weighted by molar-refractivity contribution is 5.92. The average molecular weight is 289 g/mol. The van der Waals surface area contributed by atoms with Crippen LogP contribution in [0.3, 0.4) is 0 Å². The van der Waals surface area contributed by atoms with Crippen LogP contribution in [-0.4, -0.2) is 53.6 Å². The smallest absolute Gasteiger partial charge is 0.337 e. The van der Waals surface area contributed by atoms with Crippen molar-refractivity contribution in [1.29, 1.82) is 0 Å². The first kappa shape index (κ1) is 14.2. The van der Waals surface area contributed by atoms with Crippen molar-refractivity contribution >= 4 is 18.1 Å². The van der Waals surface area contributed by atoms with Crippen molar-refractivity contribution in [1.82, 2.24) is 19.8 Å². The van der Waals surface area contributed by atoms with E-state index in [2.05, 4.69) is 33.6 Å². The number of piperidine rings is 1. The van der Waals surface area contributed by atoms with Gasteiger partial charge in [0.15, 0.2) is 6.21 Å². The van der Waals surface area contributed by atoms with Gasteiger partial charge in [0.1, 0.15) is 0 Å². The quantitative estimate of drug-likeness (QED) is 0.767. The summed E-state index contributed by atoms with van der Waals surface area (Å²) in [6, 6.07) is 0.357. The second-order valence-electron chi connectivity index (χ2n) is 6.15. The highest BCUT2D eigenvalue weighted by atomic mass is 16.2. The molecule has 1 unspecified atom stereocenters. The maximum Gasteiger partial charge on any atom is 0.445 e. The molecule has 0 aromatic heterocycles. The fourth-order valence-electron chi connectivity index (χ4n) is 3.49. The van der Waals surface area contributed by atoms with Gasteiger partial charge >= 0.3 is 5.96 Å². The molecule has 1 amide bonds. The third-order valence-electron chi connectivity index (χ3n) is 4.72. The van der Waals surface area contributed by atoms with Gasteiger partial charge in [-0.3, -0.25) is 4.79 Å². The monoisotopic (exact) mass is 289 g/mol. The second-order valence-corrected chi connectivity index (χ2v) is 6.15. The summed E-state index contributed by atoms with van der Waals surface area (Å²) in [5.41, 5.74) is 2.46. The molecule has 2 fully saturated rings. The number of carbonyl (C=O) groups is 1. The highest BCUT2D eigenvalue weighted by Gasteiger charge is 2.36. The molecule has 0 aromatic carbocycles. The van der Waals surface area contributed by atoms with E-state index < -0.39 is 0 Å². The van der Waals surface area contributed by atoms with E-state index in [4.69, 9.17) is 0 Å². The number of hydrogen-bond donors (Lipinski definition) is 1. The summed E-state index contributed by atoms with van der Waals surface area (Å²) in [6.45, 7) is 7.11. The van der Waals surface area contributed by atoms with Crippen LogP contribution in [0.2, 0.25) is 0 Å². The van der Waals surface area contributed by atoms with Gasteiger partial charge in [0.05, 0.1) is 24.8 Å². The average Bonchev–Trinajstić information content (AvgIpc) is 2.94. The van der Waals surface area contributed by atoms with Gasteiger partial charge in [0.2, 0.25) is 5.91 Å². The number of nitrogens with one attached hydrogen (secondary N) is 1. The standard InChI is InChI=1S/C16H24N4O/c1-3-14-12(2)10-17-16(18-14)19-8-4-6-13(11-19)20-9-5-7-15(20)21/h10,13H,3-9,11H2,1-2H3/p+1. The molecule has 3 heterocycles. The van der Waals surface area contributed by atoms with Crippen LogP contribution < -0.4 is 9.98 Å². The molecule has 0 aliphatic carbocycles. The number of guanidine groups is 1. The molecule has 0 bridgehead atoms. The SMILES string of the molecule is CCC1=C(C)C=[N+]=C(N2CCCC(N3CCCC3=O)C2)N1. The summed E-state index contributed by atoms with van der Waals surface area (Å²) in [7, 11) is 0.